The van der Waals surface area contributed by atoms with E-state index in [0.717, 1.165) is 11.3 Å². The van der Waals surface area contributed by atoms with Crippen molar-refractivity contribution in [3.05, 3.63) is 101 Å². The number of hydrogen-bond acceptors (Lipinski definition) is 3. The van der Waals surface area contributed by atoms with E-state index in [9.17, 15) is 14.3 Å². The second-order valence-electron chi connectivity index (χ2n) is 7.95. The normalized spacial score (nSPS) is 22.7. The highest BCUT2D eigenvalue weighted by molar-refractivity contribution is 6.07. The Morgan fingerprint density at radius 1 is 0.967 bits per heavy atom. The lowest BCUT2D eigenvalue weighted by atomic mass is 9.71. The van der Waals surface area contributed by atoms with Gasteiger partial charge in [-0.1, -0.05) is 54.6 Å². The second-order valence-corrected chi connectivity index (χ2v) is 7.95. The van der Waals surface area contributed by atoms with Gasteiger partial charge in [-0.2, -0.15) is 0 Å². The molecule has 0 radical (unpaired) electrons. The van der Waals surface area contributed by atoms with E-state index < -0.39 is 0 Å². The van der Waals surface area contributed by atoms with E-state index in [0.29, 0.717) is 24.2 Å². The van der Waals surface area contributed by atoms with Crippen molar-refractivity contribution < 1.29 is 14.3 Å². The van der Waals surface area contributed by atoms with Crippen LogP contribution in [0.1, 0.15) is 27.4 Å². The maximum Gasteiger partial charge on any atom is 0.258 e. The number of rotatable bonds is 4. The molecule has 0 aliphatic carbocycles. The average Bonchev–Trinajstić information content (AvgIpc) is 2.78. The first kappa shape index (κ1) is 19.0. The molecule has 0 unspecified atom stereocenters. The van der Waals surface area contributed by atoms with Crippen molar-refractivity contribution >= 4 is 11.6 Å². The zero-order chi connectivity index (χ0) is 20.7. The third kappa shape index (κ3) is 3.02. The fourth-order valence-corrected chi connectivity index (χ4v) is 4.95. The van der Waals surface area contributed by atoms with Gasteiger partial charge in [0.05, 0.1) is 6.61 Å². The molecule has 0 saturated carbocycles. The van der Waals surface area contributed by atoms with Crippen molar-refractivity contribution in [2.45, 2.75) is 24.5 Å². The van der Waals surface area contributed by atoms with E-state index in [1.807, 2.05) is 65.6 Å². The lowest BCUT2D eigenvalue weighted by Crippen LogP contribution is -2.68. The standard InChI is InChI=1S/C25H23FN2O2/c26-20-12-6-4-10-18(20)14-27-22-15-28(25(30)17-8-2-1-3-9-17)21-13-7-5-11-19(21)24(22)23(27)16-29/h1-13,22-24,29H,14-16H2/t22-,23+,24+/m1/s1. The highest BCUT2D eigenvalue weighted by Crippen LogP contribution is 2.49. The average molecular weight is 402 g/mol. The highest BCUT2D eigenvalue weighted by atomic mass is 19.1. The quantitative estimate of drug-likeness (QED) is 0.722. The van der Waals surface area contributed by atoms with Crippen LogP contribution >= 0.6 is 0 Å². The van der Waals surface area contributed by atoms with Gasteiger partial charge in [-0.3, -0.25) is 9.69 Å². The molecule has 5 rings (SSSR count). The molecule has 2 aliphatic heterocycles. The lowest BCUT2D eigenvalue weighted by Gasteiger charge is -2.59. The van der Waals surface area contributed by atoms with Crippen molar-refractivity contribution in [1.82, 2.24) is 4.90 Å². The van der Waals surface area contributed by atoms with Gasteiger partial charge < -0.3 is 10.0 Å². The minimum absolute atomic E-state index is 0.00339. The van der Waals surface area contributed by atoms with Crippen LogP contribution in [0, 0.1) is 5.82 Å². The molecule has 1 saturated heterocycles. The molecule has 4 nitrogen and oxygen atoms in total. The number of hydrogen-bond donors (Lipinski definition) is 1. The summed E-state index contributed by atoms with van der Waals surface area (Å²) in [5.41, 5.74) is 3.22. The zero-order valence-corrected chi connectivity index (χ0v) is 16.5. The SMILES string of the molecule is O=C(c1ccccc1)N1C[C@@H]2[C@H](c3ccccc31)[C@H](CO)N2Cc1ccccc1F. The molecule has 1 amide bonds. The summed E-state index contributed by atoms with van der Waals surface area (Å²) in [5, 5.41) is 10.1. The number of nitrogens with zero attached hydrogens (tertiary/aromatic N) is 2. The number of likely N-dealkylation sites (tertiary alicyclic amines) is 1. The molecule has 2 heterocycles. The van der Waals surface area contributed by atoms with Crippen molar-refractivity contribution in [3.8, 4) is 0 Å². The van der Waals surface area contributed by atoms with Crippen LogP contribution in [0.3, 0.4) is 0 Å². The molecule has 2 aliphatic rings. The molecule has 1 fully saturated rings. The highest BCUT2D eigenvalue weighted by Gasteiger charge is 2.53. The molecule has 3 aromatic rings. The molecule has 1 N–H and O–H groups in total. The number of aliphatic hydroxyl groups is 1. The zero-order valence-electron chi connectivity index (χ0n) is 16.5. The monoisotopic (exact) mass is 402 g/mol. The molecule has 0 aromatic heterocycles. The van der Waals surface area contributed by atoms with E-state index in [4.69, 9.17) is 0 Å². The summed E-state index contributed by atoms with van der Waals surface area (Å²) in [6.07, 6.45) is 0. The number of benzene rings is 3. The number of fused-ring (bicyclic) bond motifs is 3. The van der Waals surface area contributed by atoms with Gasteiger partial charge in [0, 0.05) is 47.9 Å². The molecular formula is C25H23FN2O2. The molecule has 0 bridgehead atoms. The first-order valence-electron chi connectivity index (χ1n) is 10.2. The molecule has 5 heteroatoms. The van der Waals surface area contributed by atoms with Crippen LogP contribution in [0.15, 0.2) is 78.9 Å². The van der Waals surface area contributed by atoms with Gasteiger partial charge >= 0.3 is 0 Å². The second kappa shape index (κ2) is 7.67. The smallest absolute Gasteiger partial charge is 0.258 e. The Hall–Kier alpha value is -3.02. The van der Waals surface area contributed by atoms with Crippen LogP contribution in [-0.4, -0.2) is 41.1 Å². The molecule has 30 heavy (non-hydrogen) atoms. The minimum atomic E-state index is -0.244. The maximum absolute atomic E-state index is 14.3. The summed E-state index contributed by atoms with van der Waals surface area (Å²) in [5.74, 6) is -0.163. The van der Waals surface area contributed by atoms with Gasteiger partial charge in [0.2, 0.25) is 0 Å². The van der Waals surface area contributed by atoms with Crippen molar-refractivity contribution in [3.63, 3.8) is 0 Å². The first-order chi connectivity index (χ1) is 14.7. The van der Waals surface area contributed by atoms with Crippen LogP contribution in [0.25, 0.3) is 0 Å². The molecule has 0 spiro atoms. The third-order valence-electron chi connectivity index (χ3n) is 6.40. The Labute approximate surface area is 175 Å². The van der Waals surface area contributed by atoms with Gasteiger partial charge in [0.15, 0.2) is 0 Å². The Morgan fingerprint density at radius 2 is 1.67 bits per heavy atom. The van der Waals surface area contributed by atoms with Crippen molar-refractivity contribution in [2.24, 2.45) is 0 Å². The van der Waals surface area contributed by atoms with Crippen molar-refractivity contribution in [2.75, 3.05) is 18.1 Å². The van der Waals surface area contributed by atoms with Gasteiger partial charge in [0.25, 0.3) is 5.91 Å². The summed E-state index contributed by atoms with van der Waals surface area (Å²) in [6.45, 7) is 0.922. The number of halogens is 1. The molecule has 3 atom stereocenters. The molecule has 3 aromatic carbocycles. The van der Waals surface area contributed by atoms with E-state index in [1.165, 1.54) is 6.07 Å². The summed E-state index contributed by atoms with van der Waals surface area (Å²) in [7, 11) is 0. The van der Waals surface area contributed by atoms with Gasteiger partial charge in [-0.25, -0.2) is 4.39 Å². The summed E-state index contributed by atoms with van der Waals surface area (Å²) in [6, 6.07) is 23.9. The lowest BCUT2D eigenvalue weighted by molar-refractivity contribution is -0.0494. The van der Waals surface area contributed by atoms with E-state index in [1.54, 1.807) is 12.1 Å². The number of aliphatic hydroxyl groups excluding tert-OH is 1. The molecular weight excluding hydrogens is 379 g/mol. The Balaban J connectivity index is 1.50. The van der Waals surface area contributed by atoms with Gasteiger partial charge in [0.1, 0.15) is 5.82 Å². The molecule has 152 valence electrons. The van der Waals surface area contributed by atoms with E-state index in [-0.39, 0.29) is 36.3 Å². The predicted molar refractivity (Wildman–Crippen MR) is 114 cm³/mol. The number of anilines is 1. The summed E-state index contributed by atoms with van der Waals surface area (Å²) < 4.78 is 14.3. The van der Waals surface area contributed by atoms with Crippen LogP contribution in [-0.2, 0) is 6.54 Å². The van der Waals surface area contributed by atoms with Gasteiger partial charge in [-0.05, 0) is 29.8 Å². The fourth-order valence-electron chi connectivity index (χ4n) is 4.95. The van der Waals surface area contributed by atoms with Crippen LogP contribution in [0.2, 0.25) is 0 Å². The van der Waals surface area contributed by atoms with E-state index in [2.05, 4.69) is 4.90 Å². The summed E-state index contributed by atoms with van der Waals surface area (Å²) in [4.78, 5) is 17.3. The minimum Gasteiger partial charge on any atom is -0.395 e. The number of carbonyl (C=O) groups is 1. The maximum atomic E-state index is 14.3. The first-order valence-corrected chi connectivity index (χ1v) is 10.2. The predicted octanol–water partition coefficient (Wildman–Crippen LogP) is 3.82. The Kier molecular flexibility index (Phi) is 4.85. The number of para-hydroxylation sites is 1. The van der Waals surface area contributed by atoms with E-state index >= 15 is 0 Å². The largest absolute Gasteiger partial charge is 0.395 e. The number of amides is 1. The summed E-state index contributed by atoms with van der Waals surface area (Å²) >= 11 is 0. The topological polar surface area (TPSA) is 43.8 Å². The van der Waals surface area contributed by atoms with Crippen molar-refractivity contribution in [1.29, 1.82) is 0 Å². The van der Waals surface area contributed by atoms with Gasteiger partial charge in [-0.15, -0.1) is 0 Å². The van der Waals surface area contributed by atoms with Crippen LogP contribution < -0.4 is 4.90 Å². The Morgan fingerprint density at radius 3 is 2.43 bits per heavy atom. The Bertz CT molecular complexity index is 1070. The van der Waals surface area contributed by atoms with Crippen LogP contribution in [0.5, 0.6) is 0 Å². The third-order valence-corrected chi connectivity index (χ3v) is 6.40. The number of carbonyl (C=O) groups excluding carboxylic acids is 1. The fraction of sp³-hybridized carbons (Fsp3) is 0.240. The van der Waals surface area contributed by atoms with Crippen LogP contribution in [0.4, 0.5) is 10.1 Å².